The van der Waals surface area contributed by atoms with Gasteiger partial charge in [-0.15, -0.1) is 10.2 Å². The van der Waals surface area contributed by atoms with Crippen molar-refractivity contribution in [3.63, 3.8) is 0 Å². The third-order valence-corrected chi connectivity index (χ3v) is 5.82. The van der Waals surface area contributed by atoms with E-state index in [0.717, 1.165) is 5.56 Å². The molecule has 0 bridgehead atoms. The van der Waals surface area contributed by atoms with Gasteiger partial charge in [0.25, 0.3) is 5.91 Å². The average Bonchev–Trinajstić information content (AvgIpc) is 3.24. The molecule has 162 valence electrons. The van der Waals surface area contributed by atoms with Crippen LogP contribution in [-0.4, -0.2) is 44.5 Å². The molecule has 1 aromatic heterocycles. The van der Waals surface area contributed by atoms with Gasteiger partial charge in [-0.1, -0.05) is 23.5 Å². The summed E-state index contributed by atoms with van der Waals surface area (Å²) in [4.78, 5) is 12.4. The molecule has 3 aromatic rings. The fourth-order valence-corrected chi connectivity index (χ4v) is 3.94. The molecule has 0 aliphatic carbocycles. The second-order valence-corrected chi connectivity index (χ2v) is 7.82. The van der Waals surface area contributed by atoms with E-state index in [1.54, 1.807) is 58.8 Å². The van der Waals surface area contributed by atoms with Crippen molar-refractivity contribution in [2.24, 2.45) is 0 Å². The maximum Gasteiger partial charge on any atom is 0.257 e. The number of aromatic nitrogens is 2. The summed E-state index contributed by atoms with van der Waals surface area (Å²) < 4.78 is 22.1. The maximum absolute atomic E-state index is 12.4. The van der Waals surface area contributed by atoms with Crippen molar-refractivity contribution in [1.82, 2.24) is 10.2 Å². The minimum Gasteiger partial charge on any atom is -0.497 e. The quantitative estimate of drug-likeness (QED) is 0.471. The largest absolute Gasteiger partial charge is 0.497 e. The number of rotatable bonds is 8. The van der Waals surface area contributed by atoms with Crippen molar-refractivity contribution < 1.29 is 23.7 Å². The molecule has 0 radical (unpaired) electrons. The zero-order valence-electron chi connectivity index (χ0n) is 17.3. The minimum absolute atomic E-state index is 0.294. The molecule has 0 saturated carbocycles. The van der Waals surface area contributed by atoms with E-state index in [0.29, 0.717) is 43.2 Å². The van der Waals surface area contributed by atoms with Gasteiger partial charge in [0.15, 0.2) is 11.5 Å². The highest BCUT2D eigenvalue weighted by Crippen LogP contribution is 2.45. The summed E-state index contributed by atoms with van der Waals surface area (Å²) in [6.45, 7) is 0. The van der Waals surface area contributed by atoms with Crippen LogP contribution in [-0.2, 0) is 0 Å². The van der Waals surface area contributed by atoms with Gasteiger partial charge in [0.2, 0.25) is 10.9 Å². The zero-order chi connectivity index (χ0) is 22.4. The van der Waals surface area contributed by atoms with Gasteiger partial charge in [-0.05, 0) is 51.8 Å². The van der Waals surface area contributed by atoms with E-state index in [4.69, 9.17) is 18.9 Å². The number of hydrogen-bond acceptors (Lipinski definition) is 8. The molecule has 0 unspecified atom stereocenters. The summed E-state index contributed by atoms with van der Waals surface area (Å²) in [5, 5.41) is 11.9. The lowest BCUT2D eigenvalue weighted by Gasteiger charge is -2.15. The van der Waals surface area contributed by atoms with Gasteiger partial charge in [0.1, 0.15) is 10.8 Å². The van der Waals surface area contributed by atoms with Gasteiger partial charge in [0, 0.05) is 5.56 Å². The first-order chi connectivity index (χ1) is 15.0. The molecular weight excluding hydrogens is 486 g/mol. The molecule has 1 amide bonds. The summed E-state index contributed by atoms with van der Waals surface area (Å²) in [7, 11) is 6.20. The predicted octanol–water partition coefficient (Wildman–Crippen LogP) is 4.76. The van der Waals surface area contributed by atoms with E-state index in [1.165, 1.54) is 11.3 Å². The third kappa shape index (κ3) is 5.15. The number of carbonyl (C=O) groups is 1. The molecule has 0 atom stereocenters. The highest BCUT2D eigenvalue weighted by molar-refractivity contribution is 9.10. The van der Waals surface area contributed by atoms with Gasteiger partial charge < -0.3 is 18.9 Å². The fraction of sp³-hybridized carbons (Fsp3) is 0.190. The van der Waals surface area contributed by atoms with Crippen LogP contribution in [0, 0.1) is 0 Å². The molecule has 0 fully saturated rings. The van der Waals surface area contributed by atoms with E-state index in [-0.39, 0.29) is 5.91 Å². The van der Waals surface area contributed by atoms with E-state index >= 15 is 0 Å². The van der Waals surface area contributed by atoms with Crippen LogP contribution in [0.4, 0.5) is 5.13 Å². The maximum atomic E-state index is 12.4. The lowest BCUT2D eigenvalue weighted by Crippen LogP contribution is -2.11. The third-order valence-electron chi connectivity index (χ3n) is 4.20. The summed E-state index contributed by atoms with van der Waals surface area (Å²) in [5.41, 5.74) is 1.26. The molecule has 0 saturated heterocycles. The Morgan fingerprint density at radius 1 is 1.00 bits per heavy atom. The molecule has 3 rings (SSSR count). The zero-order valence-corrected chi connectivity index (χ0v) is 19.7. The Hall–Kier alpha value is -3.11. The summed E-state index contributed by atoms with van der Waals surface area (Å²) in [6, 6.07) is 8.68. The molecule has 0 aliphatic rings. The lowest BCUT2D eigenvalue weighted by atomic mass is 10.1. The van der Waals surface area contributed by atoms with Crippen LogP contribution in [0.25, 0.3) is 12.2 Å². The molecule has 1 heterocycles. The van der Waals surface area contributed by atoms with Crippen LogP contribution in [0.2, 0.25) is 0 Å². The van der Waals surface area contributed by atoms with E-state index < -0.39 is 0 Å². The number of benzene rings is 2. The smallest absolute Gasteiger partial charge is 0.257 e. The SMILES string of the molecule is COc1cccc(C(=O)Nc2nnc(C=Cc3cc(OC)c(OC)c(OC)c3Br)s2)c1. The van der Waals surface area contributed by atoms with Crippen LogP contribution < -0.4 is 24.3 Å². The molecule has 1 N–H and O–H groups in total. The average molecular weight is 506 g/mol. The second kappa shape index (κ2) is 10.3. The van der Waals surface area contributed by atoms with Crippen LogP contribution in [0.15, 0.2) is 34.8 Å². The van der Waals surface area contributed by atoms with Crippen molar-refractivity contribution >= 4 is 50.5 Å². The Balaban J connectivity index is 1.78. The number of anilines is 1. The molecule has 31 heavy (non-hydrogen) atoms. The topological polar surface area (TPSA) is 91.8 Å². The highest BCUT2D eigenvalue weighted by Gasteiger charge is 2.18. The van der Waals surface area contributed by atoms with Crippen molar-refractivity contribution in [3.8, 4) is 23.0 Å². The van der Waals surface area contributed by atoms with Crippen LogP contribution in [0.3, 0.4) is 0 Å². The van der Waals surface area contributed by atoms with Gasteiger partial charge in [-0.2, -0.15) is 0 Å². The number of nitrogens with zero attached hydrogens (tertiary/aromatic N) is 2. The molecule has 2 aromatic carbocycles. The number of nitrogens with one attached hydrogen (secondary N) is 1. The number of ether oxygens (including phenoxy) is 4. The minimum atomic E-state index is -0.294. The Bertz CT molecular complexity index is 1120. The van der Waals surface area contributed by atoms with Gasteiger partial charge >= 0.3 is 0 Å². The standard InChI is InChI=1S/C21H20BrN3O5S/c1-27-14-7-5-6-13(10-14)20(26)23-21-25-24-16(31-21)9-8-12-11-15(28-2)18(29-3)19(30-4)17(12)22/h5-11H,1-4H3,(H,23,25,26). The Morgan fingerprint density at radius 3 is 2.45 bits per heavy atom. The van der Waals surface area contributed by atoms with E-state index in [2.05, 4.69) is 31.4 Å². The monoisotopic (exact) mass is 505 g/mol. The van der Waals surface area contributed by atoms with Crippen molar-refractivity contribution in [2.45, 2.75) is 0 Å². The van der Waals surface area contributed by atoms with Gasteiger partial charge in [-0.3, -0.25) is 10.1 Å². The molecule has 8 nitrogen and oxygen atoms in total. The summed E-state index contributed by atoms with van der Waals surface area (Å²) in [6.07, 6.45) is 3.62. The molecule has 0 spiro atoms. The predicted molar refractivity (Wildman–Crippen MR) is 124 cm³/mol. The Labute approximate surface area is 191 Å². The Morgan fingerprint density at radius 2 is 1.77 bits per heavy atom. The van der Waals surface area contributed by atoms with Crippen molar-refractivity contribution in [3.05, 3.63) is 50.9 Å². The number of hydrogen-bond donors (Lipinski definition) is 1. The number of amides is 1. The second-order valence-electron chi connectivity index (χ2n) is 6.01. The first-order valence-corrected chi connectivity index (χ1v) is 10.6. The number of carbonyl (C=O) groups excluding carboxylic acids is 1. The van der Waals surface area contributed by atoms with Crippen molar-refractivity contribution in [1.29, 1.82) is 0 Å². The molecular formula is C21H20BrN3O5S. The lowest BCUT2D eigenvalue weighted by molar-refractivity contribution is 0.102. The Kier molecular flexibility index (Phi) is 7.48. The summed E-state index contributed by atoms with van der Waals surface area (Å²) in [5.74, 6) is 1.85. The van der Waals surface area contributed by atoms with Crippen LogP contribution in [0.1, 0.15) is 20.9 Å². The van der Waals surface area contributed by atoms with Crippen LogP contribution >= 0.6 is 27.3 Å². The molecule has 0 aliphatic heterocycles. The first-order valence-electron chi connectivity index (χ1n) is 8.96. The van der Waals surface area contributed by atoms with Crippen LogP contribution in [0.5, 0.6) is 23.0 Å². The van der Waals surface area contributed by atoms with Gasteiger partial charge in [0.05, 0.1) is 32.9 Å². The van der Waals surface area contributed by atoms with Crippen molar-refractivity contribution in [2.75, 3.05) is 33.8 Å². The highest BCUT2D eigenvalue weighted by atomic mass is 79.9. The van der Waals surface area contributed by atoms with Gasteiger partial charge in [-0.25, -0.2) is 0 Å². The normalized spacial score (nSPS) is 10.7. The molecule has 10 heteroatoms. The van der Waals surface area contributed by atoms with E-state index in [1.807, 2.05) is 12.1 Å². The van der Waals surface area contributed by atoms with E-state index in [9.17, 15) is 4.79 Å². The number of halogens is 1. The number of methoxy groups -OCH3 is 4. The summed E-state index contributed by atoms with van der Waals surface area (Å²) >= 11 is 4.78. The fourth-order valence-electron chi connectivity index (χ4n) is 2.71. The first kappa shape index (κ1) is 22.6.